The number of nitrogens with one attached hydrogen (secondary N) is 2. The summed E-state index contributed by atoms with van der Waals surface area (Å²) in [5, 5.41) is 8.58. The highest BCUT2D eigenvalue weighted by Gasteiger charge is 2.13. The molecule has 0 saturated heterocycles. The maximum absolute atomic E-state index is 6.30. The first-order valence-electron chi connectivity index (χ1n) is 7.18. The minimum atomic E-state index is 0.386. The number of methoxy groups -OCH3 is 1. The Bertz CT molecular complexity index is 800. The van der Waals surface area contributed by atoms with Gasteiger partial charge in [0, 0.05) is 13.3 Å². The van der Waals surface area contributed by atoms with E-state index in [2.05, 4.69) is 25.4 Å². The second kappa shape index (κ2) is 6.84. The summed E-state index contributed by atoms with van der Waals surface area (Å²) in [5.41, 5.74) is 1.31. The Morgan fingerprint density at radius 3 is 3.04 bits per heavy atom. The molecule has 9 heteroatoms. The topological polar surface area (TPSA) is 89.9 Å². The highest BCUT2D eigenvalue weighted by Crippen LogP contribution is 2.27. The lowest BCUT2D eigenvalue weighted by Crippen LogP contribution is -2.06. The number of anilines is 2. The van der Waals surface area contributed by atoms with Crippen LogP contribution in [0.3, 0.4) is 0 Å². The fourth-order valence-corrected chi connectivity index (χ4v) is 2.35. The summed E-state index contributed by atoms with van der Waals surface area (Å²) >= 11 is 6.30. The van der Waals surface area contributed by atoms with Crippen molar-refractivity contribution < 1.29 is 9.47 Å². The zero-order valence-electron chi connectivity index (χ0n) is 12.8. The number of rotatable bonds is 7. The molecule has 0 radical (unpaired) electrons. The van der Waals surface area contributed by atoms with Gasteiger partial charge < -0.3 is 19.8 Å². The zero-order valence-corrected chi connectivity index (χ0v) is 13.6. The summed E-state index contributed by atoms with van der Waals surface area (Å²) in [5.74, 6) is 0.903. The van der Waals surface area contributed by atoms with Crippen LogP contribution >= 0.6 is 11.6 Å². The molecule has 0 unspecified atom stereocenters. The lowest BCUT2D eigenvalue weighted by molar-refractivity contribution is 0.183. The fraction of sp³-hybridized carbons (Fsp3) is 0.357. The fourth-order valence-electron chi connectivity index (χ4n) is 2.12. The third kappa shape index (κ3) is 3.22. The van der Waals surface area contributed by atoms with Gasteiger partial charge in [0.05, 0.1) is 37.0 Å². The second-order valence-corrected chi connectivity index (χ2v) is 5.07. The van der Waals surface area contributed by atoms with Crippen molar-refractivity contribution in [2.75, 3.05) is 25.6 Å². The predicted octanol–water partition coefficient (Wildman–Crippen LogP) is 2.60. The lowest BCUT2D eigenvalue weighted by atomic mass is 10.4. The zero-order chi connectivity index (χ0) is 16.2. The van der Waals surface area contributed by atoms with E-state index in [-0.39, 0.29) is 0 Å². The van der Waals surface area contributed by atoms with Gasteiger partial charge in [-0.3, -0.25) is 0 Å². The number of hydrogen-bond acceptors (Lipinski definition) is 6. The van der Waals surface area contributed by atoms with E-state index in [1.807, 2.05) is 13.0 Å². The Kier molecular flexibility index (Phi) is 4.63. The van der Waals surface area contributed by atoms with Crippen LogP contribution in [0.4, 0.5) is 11.6 Å². The van der Waals surface area contributed by atoms with Crippen molar-refractivity contribution >= 4 is 34.3 Å². The van der Waals surface area contributed by atoms with Crippen molar-refractivity contribution in [2.45, 2.75) is 13.5 Å². The van der Waals surface area contributed by atoms with Crippen LogP contribution in [-0.4, -0.2) is 45.1 Å². The first-order chi connectivity index (χ1) is 11.2. The van der Waals surface area contributed by atoms with E-state index in [1.54, 1.807) is 24.2 Å². The third-order valence-corrected chi connectivity index (χ3v) is 3.59. The molecule has 0 aliphatic rings. The molecular weight excluding hydrogens is 320 g/mol. The molecule has 0 aliphatic carbocycles. The SMILES string of the molecule is CCOc1nc(Nc2cnn(CCOC)c2Cl)nc2[nH]ccc12. The molecule has 3 aromatic heterocycles. The van der Waals surface area contributed by atoms with Gasteiger partial charge in [-0.2, -0.15) is 15.1 Å². The standard InChI is InChI=1S/C14H17ClN6O2/c1-3-23-13-9-4-5-16-12(9)19-14(20-13)18-10-8-17-21(11(10)15)6-7-22-2/h4-5,8H,3,6-7H2,1-2H3,(H2,16,18,19,20). The van der Waals surface area contributed by atoms with E-state index in [9.17, 15) is 0 Å². The molecule has 0 amide bonds. The van der Waals surface area contributed by atoms with E-state index >= 15 is 0 Å². The van der Waals surface area contributed by atoms with Crippen LogP contribution in [0.2, 0.25) is 5.15 Å². The highest BCUT2D eigenvalue weighted by atomic mass is 35.5. The number of aromatic nitrogens is 5. The average Bonchev–Trinajstić information content (AvgIpc) is 3.14. The predicted molar refractivity (Wildman–Crippen MR) is 87.5 cm³/mol. The number of H-pyrrole nitrogens is 1. The van der Waals surface area contributed by atoms with Gasteiger partial charge in [0.25, 0.3) is 0 Å². The van der Waals surface area contributed by atoms with Gasteiger partial charge in [0.2, 0.25) is 11.8 Å². The van der Waals surface area contributed by atoms with Crippen LogP contribution in [0, 0.1) is 0 Å². The molecule has 23 heavy (non-hydrogen) atoms. The molecule has 0 fully saturated rings. The van der Waals surface area contributed by atoms with E-state index in [0.717, 1.165) is 5.39 Å². The molecule has 0 saturated carbocycles. The maximum Gasteiger partial charge on any atom is 0.232 e. The number of aromatic amines is 1. The Hall–Kier alpha value is -2.32. The largest absolute Gasteiger partial charge is 0.477 e. The monoisotopic (exact) mass is 336 g/mol. The molecule has 0 bridgehead atoms. The minimum Gasteiger partial charge on any atom is -0.477 e. The van der Waals surface area contributed by atoms with Gasteiger partial charge >= 0.3 is 0 Å². The van der Waals surface area contributed by atoms with Crippen molar-refractivity contribution in [3.8, 4) is 5.88 Å². The number of halogens is 1. The van der Waals surface area contributed by atoms with Gasteiger partial charge in [-0.05, 0) is 13.0 Å². The van der Waals surface area contributed by atoms with E-state index in [1.165, 1.54) is 0 Å². The summed E-state index contributed by atoms with van der Waals surface area (Å²) in [4.78, 5) is 11.8. The normalized spacial score (nSPS) is 11.1. The smallest absolute Gasteiger partial charge is 0.232 e. The summed E-state index contributed by atoms with van der Waals surface area (Å²) in [6.45, 7) is 3.52. The molecule has 3 rings (SSSR count). The molecule has 3 heterocycles. The van der Waals surface area contributed by atoms with Crippen molar-refractivity contribution in [3.63, 3.8) is 0 Å². The van der Waals surface area contributed by atoms with E-state index < -0.39 is 0 Å². The molecular formula is C14H17ClN6O2. The van der Waals surface area contributed by atoms with Crippen molar-refractivity contribution in [3.05, 3.63) is 23.6 Å². The molecule has 2 N–H and O–H groups in total. The first kappa shape index (κ1) is 15.6. The van der Waals surface area contributed by atoms with E-state index in [4.69, 9.17) is 21.1 Å². The molecule has 122 valence electrons. The molecule has 0 aliphatic heterocycles. The minimum absolute atomic E-state index is 0.386. The molecule has 0 atom stereocenters. The number of ether oxygens (including phenoxy) is 2. The third-order valence-electron chi connectivity index (χ3n) is 3.19. The van der Waals surface area contributed by atoms with Gasteiger partial charge in [-0.15, -0.1) is 0 Å². The lowest BCUT2D eigenvalue weighted by Gasteiger charge is -2.08. The van der Waals surface area contributed by atoms with Gasteiger partial charge in [-0.25, -0.2) is 4.68 Å². The van der Waals surface area contributed by atoms with Crippen molar-refractivity contribution in [1.29, 1.82) is 0 Å². The Morgan fingerprint density at radius 1 is 1.39 bits per heavy atom. The Labute approximate surface area is 137 Å². The summed E-state index contributed by atoms with van der Waals surface area (Å²) < 4.78 is 12.2. The maximum atomic E-state index is 6.30. The number of hydrogen-bond donors (Lipinski definition) is 2. The van der Waals surface area contributed by atoms with Crippen LogP contribution in [0.25, 0.3) is 11.0 Å². The number of fused-ring (bicyclic) bond motifs is 1. The molecule has 0 spiro atoms. The molecule has 0 aromatic carbocycles. The summed E-state index contributed by atoms with van der Waals surface area (Å²) in [6, 6.07) is 1.87. The number of nitrogens with zero attached hydrogens (tertiary/aromatic N) is 4. The van der Waals surface area contributed by atoms with Crippen molar-refractivity contribution in [1.82, 2.24) is 24.7 Å². The van der Waals surface area contributed by atoms with Crippen LogP contribution in [-0.2, 0) is 11.3 Å². The Morgan fingerprint density at radius 2 is 2.26 bits per heavy atom. The van der Waals surface area contributed by atoms with Crippen LogP contribution in [0.15, 0.2) is 18.5 Å². The van der Waals surface area contributed by atoms with E-state index in [0.29, 0.717) is 48.1 Å². The van der Waals surface area contributed by atoms with Crippen LogP contribution in [0.1, 0.15) is 6.92 Å². The highest BCUT2D eigenvalue weighted by molar-refractivity contribution is 6.32. The average molecular weight is 337 g/mol. The second-order valence-electron chi connectivity index (χ2n) is 4.72. The van der Waals surface area contributed by atoms with Gasteiger partial charge in [-0.1, -0.05) is 11.6 Å². The van der Waals surface area contributed by atoms with Gasteiger partial charge in [0.1, 0.15) is 5.65 Å². The van der Waals surface area contributed by atoms with Crippen LogP contribution in [0.5, 0.6) is 5.88 Å². The molecule has 3 aromatic rings. The summed E-state index contributed by atoms with van der Waals surface area (Å²) in [7, 11) is 1.63. The molecule has 8 nitrogen and oxygen atoms in total. The summed E-state index contributed by atoms with van der Waals surface area (Å²) in [6.07, 6.45) is 3.42. The van der Waals surface area contributed by atoms with Crippen molar-refractivity contribution in [2.24, 2.45) is 0 Å². The first-order valence-corrected chi connectivity index (χ1v) is 7.56. The Balaban J connectivity index is 1.88. The van der Waals surface area contributed by atoms with Gasteiger partial charge in [0.15, 0.2) is 5.15 Å². The quantitative estimate of drug-likeness (QED) is 0.689. The van der Waals surface area contributed by atoms with Crippen LogP contribution < -0.4 is 10.1 Å².